The zero-order valence-electron chi connectivity index (χ0n) is 11.7. The Morgan fingerprint density at radius 1 is 1.05 bits per heavy atom. The standard InChI is InChI=1S/C17H19NO3/c19-16(14-7-3-1-4-8-14)13-18-17(20)11-12-21-15-9-5-2-6-10-15/h1-10,16,19H,11-13H2,(H,18,20). The summed E-state index contributed by atoms with van der Waals surface area (Å²) in [5, 5.41) is 12.6. The average molecular weight is 285 g/mol. The molecule has 110 valence electrons. The number of para-hydroxylation sites is 1. The second-order valence-electron chi connectivity index (χ2n) is 4.64. The molecule has 0 heterocycles. The van der Waals surface area contributed by atoms with Gasteiger partial charge in [-0.2, -0.15) is 0 Å². The topological polar surface area (TPSA) is 58.6 Å². The van der Waals surface area contributed by atoms with Gasteiger partial charge in [-0.15, -0.1) is 0 Å². The molecule has 4 heteroatoms. The van der Waals surface area contributed by atoms with Crippen LogP contribution in [-0.2, 0) is 4.79 Å². The van der Waals surface area contributed by atoms with E-state index in [1.165, 1.54) is 0 Å². The van der Waals surface area contributed by atoms with E-state index >= 15 is 0 Å². The third-order valence-electron chi connectivity index (χ3n) is 3.02. The van der Waals surface area contributed by atoms with Gasteiger partial charge in [-0.25, -0.2) is 0 Å². The van der Waals surface area contributed by atoms with Gasteiger partial charge in [0.1, 0.15) is 5.75 Å². The third kappa shape index (κ3) is 5.28. The van der Waals surface area contributed by atoms with E-state index in [1.807, 2.05) is 60.7 Å². The van der Waals surface area contributed by atoms with Crippen molar-refractivity contribution in [3.63, 3.8) is 0 Å². The zero-order chi connectivity index (χ0) is 14.9. The Kier molecular flexibility index (Phi) is 5.79. The maximum Gasteiger partial charge on any atom is 0.223 e. The van der Waals surface area contributed by atoms with Gasteiger partial charge in [0.05, 0.1) is 19.1 Å². The number of carbonyl (C=O) groups excluding carboxylic acids is 1. The molecule has 4 nitrogen and oxygen atoms in total. The van der Waals surface area contributed by atoms with Gasteiger partial charge >= 0.3 is 0 Å². The summed E-state index contributed by atoms with van der Waals surface area (Å²) < 4.78 is 5.44. The highest BCUT2D eigenvalue weighted by molar-refractivity contribution is 5.76. The van der Waals surface area contributed by atoms with Gasteiger partial charge in [-0.05, 0) is 17.7 Å². The summed E-state index contributed by atoms with van der Waals surface area (Å²) in [6, 6.07) is 18.6. The summed E-state index contributed by atoms with van der Waals surface area (Å²) in [4.78, 5) is 11.7. The van der Waals surface area contributed by atoms with Crippen molar-refractivity contribution in [1.29, 1.82) is 0 Å². The zero-order valence-corrected chi connectivity index (χ0v) is 11.7. The smallest absolute Gasteiger partial charge is 0.223 e. The lowest BCUT2D eigenvalue weighted by Gasteiger charge is -2.12. The summed E-state index contributed by atoms with van der Waals surface area (Å²) in [6.45, 7) is 0.519. The molecule has 0 saturated carbocycles. The fourth-order valence-corrected chi connectivity index (χ4v) is 1.87. The van der Waals surface area contributed by atoms with E-state index in [2.05, 4.69) is 5.32 Å². The molecule has 2 aromatic carbocycles. The van der Waals surface area contributed by atoms with E-state index < -0.39 is 6.10 Å². The summed E-state index contributed by atoms with van der Waals surface area (Å²) in [6.07, 6.45) is -0.429. The molecule has 0 aromatic heterocycles. The van der Waals surface area contributed by atoms with Crippen LogP contribution in [0.15, 0.2) is 60.7 Å². The van der Waals surface area contributed by atoms with E-state index in [4.69, 9.17) is 4.74 Å². The molecule has 1 amide bonds. The van der Waals surface area contributed by atoms with Crippen LogP contribution in [0.25, 0.3) is 0 Å². The van der Waals surface area contributed by atoms with Crippen LogP contribution in [0.4, 0.5) is 0 Å². The lowest BCUT2D eigenvalue weighted by molar-refractivity contribution is -0.122. The number of ether oxygens (including phenoxy) is 1. The maximum atomic E-state index is 11.7. The van der Waals surface area contributed by atoms with Crippen LogP contribution >= 0.6 is 0 Å². The fraction of sp³-hybridized carbons (Fsp3) is 0.235. The van der Waals surface area contributed by atoms with Gasteiger partial charge < -0.3 is 15.2 Å². The van der Waals surface area contributed by atoms with Crippen molar-refractivity contribution in [3.8, 4) is 5.75 Å². The van der Waals surface area contributed by atoms with E-state index in [9.17, 15) is 9.90 Å². The van der Waals surface area contributed by atoms with Gasteiger partial charge in [0.25, 0.3) is 0 Å². The van der Waals surface area contributed by atoms with Gasteiger partial charge in [-0.1, -0.05) is 48.5 Å². The number of nitrogens with one attached hydrogen (secondary N) is 1. The average Bonchev–Trinajstić information content (AvgIpc) is 2.54. The van der Waals surface area contributed by atoms with Crippen molar-refractivity contribution in [1.82, 2.24) is 5.32 Å². The number of aliphatic hydroxyl groups is 1. The molecule has 21 heavy (non-hydrogen) atoms. The van der Waals surface area contributed by atoms with Crippen LogP contribution in [-0.4, -0.2) is 24.2 Å². The minimum atomic E-state index is -0.690. The molecule has 0 aliphatic carbocycles. The first kappa shape index (κ1) is 15.1. The molecule has 0 saturated heterocycles. The highest BCUT2D eigenvalue weighted by Gasteiger charge is 2.09. The minimum absolute atomic E-state index is 0.138. The molecule has 0 radical (unpaired) electrons. The molecular weight excluding hydrogens is 266 g/mol. The summed E-state index contributed by atoms with van der Waals surface area (Å²) >= 11 is 0. The second kappa shape index (κ2) is 8.07. The third-order valence-corrected chi connectivity index (χ3v) is 3.02. The first-order chi connectivity index (χ1) is 10.3. The Morgan fingerprint density at radius 2 is 1.67 bits per heavy atom. The Hall–Kier alpha value is -2.33. The largest absolute Gasteiger partial charge is 0.493 e. The predicted molar refractivity (Wildman–Crippen MR) is 81.0 cm³/mol. The summed E-state index contributed by atoms with van der Waals surface area (Å²) in [5.41, 5.74) is 0.790. The molecule has 0 aliphatic rings. The normalized spacial score (nSPS) is 11.7. The molecule has 2 N–H and O–H groups in total. The highest BCUT2D eigenvalue weighted by atomic mass is 16.5. The number of carbonyl (C=O) groups is 1. The number of rotatable bonds is 7. The van der Waals surface area contributed by atoms with E-state index in [0.29, 0.717) is 6.61 Å². The predicted octanol–water partition coefficient (Wildman–Crippen LogP) is 2.31. The van der Waals surface area contributed by atoms with E-state index in [0.717, 1.165) is 11.3 Å². The fourth-order valence-electron chi connectivity index (χ4n) is 1.87. The number of amides is 1. The molecule has 1 atom stereocenters. The van der Waals surface area contributed by atoms with E-state index in [-0.39, 0.29) is 18.9 Å². The van der Waals surface area contributed by atoms with Crippen molar-refractivity contribution >= 4 is 5.91 Å². The monoisotopic (exact) mass is 285 g/mol. The molecule has 1 unspecified atom stereocenters. The van der Waals surface area contributed by atoms with Crippen molar-refractivity contribution in [2.45, 2.75) is 12.5 Å². The van der Waals surface area contributed by atoms with Gasteiger partial charge in [-0.3, -0.25) is 4.79 Å². The molecule has 2 aromatic rings. The SMILES string of the molecule is O=C(CCOc1ccccc1)NCC(O)c1ccccc1. The number of benzene rings is 2. The van der Waals surface area contributed by atoms with Crippen molar-refractivity contribution in [2.75, 3.05) is 13.2 Å². The van der Waals surface area contributed by atoms with Crippen LogP contribution < -0.4 is 10.1 Å². The summed E-state index contributed by atoms with van der Waals surface area (Å²) in [5.74, 6) is 0.607. The van der Waals surface area contributed by atoms with Crippen LogP contribution in [0, 0.1) is 0 Å². The van der Waals surface area contributed by atoms with Gasteiger partial charge in [0.2, 0.25) is 5.91 Å². The maximum absolute atomic E-state index is 11.7. The lowest BCUT2D eigenvalue weighted by atomic mass is 10.1. The van der Waals surface area contributed by atoms with Crippen LogP contribution in [0.3, 0.4) is 0 Å². The molecular formula is C17H19NO3. The Balaban J connectivity index is 1.66. The molecule has 0 bridgehead atoms. The van der Waals surface area contributed by atoms with Gasteiger partial charge in [0, 0.05) is 6.54 Å². The number of hydrogen-bond acceptors (Lipinski definition) is 3. The summed E-state index contributed by atoms with van der Waals surface area (Å²) in [7, 11) is 0. The first-order valence-corrected chi connectivity index (χ1v) is 6.93. The number of aliphatic hydroxyl groups excluding tert-OH is 1. The van der Waals surface area contributed by atoms with Crippen LogP contribution in [0.5, 0.6) is 5.75 Å². The second-order valence-corrected chi connectivity index (χ2v) is 4.64. The highest BCUT2D eigenvalue weighted by Crippen LogP contribution is 2.11. The van der Waals surface area contributed by atoms with Crippen molar-refractivity contribution in [2.24, 2.45) is 0 Å². The lowest BCUT2D eigenvalue weighted by Crippen LogP contribution is -2.29. The first-order valence-electron chi connectivity index (χ1n) is 6.93. The van der Waals surface area contributed by atoms with Crippen molar-refractivity contribution in [3.05, 3.63) is 66.2 Å². The minimum Gasteiger partial charge on any atom is -0.493 e. The van der Waals surface area contributed by atoms with Crippen LogP contribution in [0.1, 0.15) is 18.1 Å². The van der Waals surface area contributed by atoms with Crippen LogP contribution in [0.2, 0.25) is 0 Å². The molecule has 0 aliphatic heterocycles. The van der Waals surface area contributed by atoms with E-state index in [1.54, 1.807) is 0 Å². The Bertz CT molecular complexity index is 542. The molecule has 0 spiro atoms. The van der Waals surface area contributed by atoms with Gasteiger partial charge in [0.15, 0.2) is 0 Å². The molecule has 0 fully saturated rings. The number of hydrogen-bond donors (Lipinski definition) is 2. The molecule has 2 rings (SSSR count). The van der Waals surface area contributed by atoms with Crippen molar-refractivity contribution < 1.29 is 14.6 Å². The Labute approximate surface area is 124 Å². The quantitative estimate of drug-likeness (QED) is 0.820. The Morgan fingerprint density at radius 3 is 2.33 bits per heavy atom.